The molecule has 2 aromatic carbocycles. The molecule has 0 radical (unpaired) electrons. The second kappa shape index (κ2) is 4.91. The third-order valence-electron chi connectivity index (χ3n) is 3.88. The highest BCUT2D eigenvalue weighted by Crippen LogP contribution is 2.31. The second-order valence-electron chi connectivity index (χ2n) is 5.24. The molecule has 0 bridgehead atoms. The van der Waals surface area contributed by atoms with E-state index in [4.69, 9.17) is 0 Å². The topological polar surface area (TPSA) is 66.0 Å². The summed E-state index contributed by atoms with van der Waals surface area (Å²) >= 11 is 0. The van der Waals surface area contributed by atoms with Gasteiger partial charge in [0.25, 0.3) is 0 Å². The van der Waals surface area contributed by atoms with Crippen LogP contribution in [0.15, 0.2) is 54.7 Å². The molecule has 0 atom stereocenters. The van der Waals surface area contributed by atoms with Gasteiger partial charge in [0.15, 0.2) is 0 Å². The van der Waals surface area contributed by atoms with E-state index in [2.05, 4.69) is 9.97 Å². The maximum atomic E-state index is 14.2. The quantitative estimate of drug-likeness (QED) is 0.582. The van der Waals surface area contributed by atoms with Gasteiger partial charge < -0.3 is 10.1 Å². The van der Waals surface area contributed by atoms with Gasteiger partial charge >= 0.3 is 5.97 Å². The van der Waals surface area contributed by atoms with Gasteiger partial charge in [-0.05, 0) is 24.3 Å². The number of hydrogen-bond acceptors (Lipinski definition) is 2. The van der Waals surface area contributed by atoms with Gasteiger partial charge in [-0.15, -0.1) is 0 Å². The molecule has 0 saturated carbocycles. The number of fused-ring (bicyclic) bond motifs is 2. The molecule has 2 heterocycles. The Morgan fingerprint density at radius 2 is 1.96 bits per heavy atom. The number of aromatic carboxylic acids is 1. The summed E-state index contributed by atoms with van der Waals surface area (Å²) in [5.74, 6) is -1.41. The molecule has 0 saturated heterocycles. The molecular weight excluding hydrogens is 295 g/mol. The molecule has 2 N–H and O–H groups in total. The predicted octanol–water partition coefficient (Wildman–Crippen LogP) is 4.22. The Morgan fingerprint density at radius 1 is 1.13 bits per heavy atom. The van der Waals surface area contributed by atoms with Crippen LogP contribution in [0.4, 0.5) is 4.39 Å². The van der Waals surface area contributed by atoms with E-state index in [1.807, 2.05) is 0 Å². The van der Waals surface area contributed by atoms with Crippen molar-refractivity contribution in [3.05, 3.63) is 66.1 Å². The molecule has 0 spiro atoms. The second-order valence-corrected chi connectivity index (χ2v) is 5.24. The first-order chi connectivity index (χ1) is 11.1. The van der Waals surface area contributed by atoms with Crippen LogP contribution in [-0.4, -0.2) is 21.0 Å². The molecule has 4 aromatic rings. The van der Waals surface area contributed by atoms with Crippen LogP contribution >= 0.6 is 0 Å². The summed E-state index contributed by atoms with van der Waals surface area (Å²) < 4.78 is 14.2. The van der Waals surface area contributed by atoms with E-state index in [1.165, 1.54) is 12.1 Å². The summed E-state index contributed by atoms with van der Waals surface area (Å²) in [6, 6.07) is 13.3. The Balaban J connectivity index is 2.07. The molecule has 4 nitrogen and oxygen atoms in total. The number of nitrogens with one attached hydrogen (secondary N) is 1. The average Bonchev–Trinajstić information content (AvgIpc) is 2.99. The Kier molecular flexibility index (Phi) is 2.87. The van der Waals surface area contributed by atoms with Crippen molar-refractivity contribution in [1.29, 1.82) is 0 Å². The number of aromatic amines is 1. The normalized spacial score (nSPS) is 11.2. The molecule has 0 aliphatic heterocycles. The molecule has 112 valence electrons. The molecule has 5 heteroatoms. The van der Waals surface area contributed by atoms with Crippen LogP contribution < -0.4 is 0 Å². The average molecular weight is 306 g/mol. The van der Waals surface area contributed by atoms with Crippen LogP contribution in [-0.2, 0) is 0 Å². The monoisotopic (exact) mass is 306 g/mol. The fourth-order valence-electron chi connectivity index (χ4n) is 2.83. The maximum absolute atomic E-state index is 14.2. The van der Waals surface area contributed by atoms with Crippen molar-refractivity contribution in [3.8, 4) is 11.3 Å². The number of hydrogen-bond donors (Lipinski definition) is 2. The molecule has 0 unspecified atom stereocenters. The first kappa shape index (κ1) is 13.5. The molecule has 0 amide bonds. The smallest absolute Gasteiger partial charge is 0.336 e. The van der Waals surface area contributed by atoms with Crippen molar-refractivity contribution in [1.82, 2.24) is 9.97 Å². The van der Waals surface area contributed by atoms with Crippen LogP contribution in [0.2, 0.25) is 0 Å². The Labute approximate surface area is 130 Å². The van der Waals surface area contributed by atoms with E-state index >= 15 is 0 Å². The number of rotatable bonds is 2. The number of halogens is 1. The highest BCUT2D eigenvalue weighted by Gasteiger charge is 2.16. The molecule has 4 rings (SSSR count). The molecular formula is C18H11FN2O2. The van der Waals surface area contributed by atoms with Crippen molar-refractivity contribution >= 4 is 27.8 Å². The summed E-state index contributed by atoms with van der Waals surface area (Å²) in [7, 11) is 0. The van der Waals surface area contributed by atoms with E-state index in [1.54, 1.807) is 42.6 Å². The maximum Gasteiger partial charge on any atom is 0.336 e. The first-order valence-corrected chi connectivity index (χ1v) is 7.04. The highest BCUT2D eigenvalue weighted by atomic mass is 19.1. The Morgan fingerprint density at radius 3 is 2.78 bits per heavy atom. The summed E-state index contributed by atoms with van der Waals surface area (Å²) in [6.45, 7) is 0. The van der Waals surface area contributed by atoms with Gasteiger partial charge in [-0.1, -0.05) is 24.3 Å². The number of aromatic nitrogens is 2. The van der Waals surface area contributed by atoms with Gasteiger partial charge in [0.2, 0.25) is 0 Å². The van der Waals surface area contributed by atoms with Crippen molar-refractivity contribution in [2.75, 3.05) is 0 Å². The number of carboxylic acid groups (broad SMARTS) is 1. The molecule has 0 aliphatic rings. The third kappa shape index (κ3) is 2.05. The zero-order valence-electron chi connectivity index (χ0n) is 11.9. The predicted molar refractivity (Wildman–Crippen MR) is 86.0 cm³/mol. The lowest BCUT2D eigenvalue weighted by atomic mass is 10.0. The number of nitrogens with zero attached hydrogens (tertiary/aromatic N) is 1. The third-order valence-corrected chi connectivity index (χ3v) is 3.88. The van der Waals surface area contributed by atoms with Crippen LogP contribution in [0, 0.1) is 5.82 Å². The number of H-pyrrole nitrogens is 1. The van der Waals surface area contributed by atoms with Crippen molar-refractivity contribution in [3.63, 3.8) is 0 Å². The lowest BCUT2D eigenvalue weighted by molar-refractivity contribution is 0.0699. The lowest BCUT2D eigenvalue weighted by Gasteiger charge is -2.06. The fourth-order valence-corrected chi connectivity index (χ4v) is 2.83. The minimum absolute atomic E-state index is 0.149. The van der Waals surface area contributed by atoms with E-state index in [-0.39, 0.29) is 11.4 Å². The fraction of sp³-hybridized carbons (Fsp3) is 0. The highest BCUT2D eigenvalue weighted by molar-refractivity contribution is 6.05. The van der Waals surface area contributed by atoms with Crippen molar-refractivity contribution < 1.29 is 14.3 Å². The number of carboxylic acids is 1. The summed E-state index contributed by atoms with van der Waals surface area (Å²) in [5, 5.41) is 10.4. The van der Waals surface area contributed by atoms with E-state index in [9.17, 15) is 14.3 Å². The largest absolute Gasteiger partial charge is 0.478 e. The standard InChI is InChI=1S/C18H11FN2O2/c19-13-5-3-7-15-17(13)12(9-20-15)16-8-11(18(22)23)10-4-1-2-6-14(10)21-16/h1-9,20H,(H,22,23). The van der Waals surface area contributed by atoms with Gasteiger partial charge in [0.1, 0.15) is 5.82 Å². The Hall–Kier alpha value is -3.21. The van der Waals surface area contributed by atoms with E-state index < -0.39 is 5.97 Å². The minimum Gasteiger partial charge on any atom is -0.478 e. The minimum atomic E-state index is -1.04. The lowest BCUT2D eigenvalue weighted by Crippen LogP contribution is -2.00. The van der Waals surface area contributed by atoms with Gasteiger partial charge in [-0.3, -0.25) is 0 Å². The van der Waals surface area contributed by atoms with E-state index in [0.717, 1.165) is 0 Å². The van der Waals surface area contributed by atoms with Gasteiger partial charge in [-0.2, -0.15) is 0 Å². The van der Waals surface area contributed by atoms with Gasteiger partial charge in [0, 0.05) is 28.0 Å². The summed E-state index contributed by atoms with van der Waals surface area (Å²) in [5.41, 5.74) is 2.33. The van der Waals surface area contributed by atoms with Crippen molar-refractivity contribution in [2.45, 2.75) is 0 Å². The zero-order chi connectivity index (χ0) is 16.0. The van der Waals surface area contributed by atoms with Crippen LogP contribution in [0.25, 0.3) is 33.1 Å². The molecule has 2 aromatic heterocycles. The molecule has 0 fully saturated rings. The number of pyridine rings is 1. The SMILES string of the molecule is O=C(O)c1cc(-c2c[nH]c3cccc(F)c23)nc2ccccc12. The summed E-state index contributed by atoms with van der Waals surface area (Å²) in [4.78, 5) is 19.1. The van der Waals surface area contributed by atoms with Crippen LogP contribution in [0.5, 0.6) is 0 Å². The van der Waals surface area contributed by atoms with E-state index in [0.29, 0.717) is 33.1 Å². The number of carbonyl (C=O) groups is 1. The van der Waals surface area contributed by atoms with Gasteiger partial charge in [-0.25, -0.2) is 14.2 Å². The van der Waals surface area contributed by atoms with Gasteiger partial charge in [0.05, 0.1) is 16.8 Å². The van der Waals surface area contributed by atoms with Crippen LogP contribution in [0.3, 0.4) is 0 Å². The number of benzene rings is 2. The molecule has 23 heavy (non-hydrogen) atoms. The zero-order valence-corrected chi connectivity index (χ0v) is 11.9. The van der Waals surface area contributed by atoms with Crippen molar-refractivity contribution in [2.24, 2.45) is 0 Å². The summed E-state index contributed by atoms with van der Waals surface area (Å²) in [6.07, 6.45) is 1.65. The number of para-hydroxylation sites is 1. The van der Waals surface area contributed by atoms with Crippen LogP contribution in [0.1, 0.15) is 10.4 Å². The Bertz CT molecular complexity index is 1070. The molecule has 0 aliphatic carbocycles. The first-order valence-electron chi connectivity index (χ1n) is 7.04.